The van der Waals surface area contributed by atoms with Crippen molar-refractivity contribution in [2.75, 3.05) is 20.3 Å². The Morgan fingerprint density at radius 1 is 1.31 bits per heavy atom. The van der Waals surface area contributed by atoms with Crippen LogP contribution in [0.2, 0.25) is 0 Å². The van der Waals surface area contributed by atoms with E-state index in [4.69, 9.17) is 4.74 Å². The predicted molar refractivity (Wildman–Crippen MR) is 58.0 cm³/mol. The molecule has 0 heterocycles. The number of unbranched alkanes of at least 4 members (excludes halogenated alkanes) is 1. The SMILES string of the molecule is CCCCOCC(NC)C(C)(C)C. The smallest absolute Gasteiger partial charge is 0.0624 e. The van der Waals surface area contributed by atoms with Gasteiger partial charge < -0.3 is 10.1 Å². The molecule has 0 saturated heterocycles. The highest BCUT2D eigenvalue weighted by molar-refractivity contribution is 4.78. The van der Waals surface area contributed by atoms with Gasteiger partial charge in [0.05, 0.1) is 6.61 Å². The molecule has 2 heteroatoms. The summed E-state index contributed by atoms with van der Waals surface area (Å²) in [4.78, 5) is 0. The van der Waals surface area contributed by atoms with E-state index in [-0.39, 0.29) is 5.41 Å². The molecule has 1 atom stereocenters. The highest BCUT2D eigenvalue weighted by Gasteiger charge is 2.22. The van der Waals surface area contributed by atoms with Crippen LogP contribution in [-0.4, -0.2) is 26.3 Å². The fraction of sp³-hybridized carbons (Fsp3) is 1.00. The van der Waals surface area contributed by atoms with E-state index in [1.165, 1.54) is 12.8 Å². The Labute approximate surface area is 83.1 Å². The number of rotatable bonds is 6. The van der Waals surface area contributed by atoms with Crippen LogP contribution in [0, 0.1) is 5.41 Å². The fourth-order valence-electron chi connectivity index (χ4n) is 1.21. The summed E-state index contributed by atoms with van der Waals surface area (Å²) in [5, 5.41) is 3.29. The van der Waals surface area contributed by atoms with Gasteiger partial charge in [-0.2, -0.15) is 0 Å². The normalized spacial score (nSPS) is 14.5. The van der Waals surface area contributed by atoms with E-state index in [2.05, 4.69) is 33.0 Å². The number of hydrogen-bond acceptors (Lipinski definition) is 2. The Bertz CT molecular complexity index is 118. The summed E-state index contributed by atoms with van der Waals surface area (Å²) in [6.07, 6.45) is 2.38. The lowest BCUT2D eigenvalue weighted by atomic mass is 9.87. The van der Waals surface area contributed by atoms with Crippen molar-refractivity contribution in [2.45, 2.75) is 46.6 Å². The van der Waals surface area contributed by atoms with Crippen LogP contribution < -0.4 is 5.32 Å². The van der Waals surface area contributed by atoms with Gasteiger partial charge >= 0.3 is 0 Å². The van der Waals surface area contributed by atoms with Gasteiger partial charge in [0.25, 0.3) is 0 Å². The molecule has 0 bridgehead atoms. The molecule has 13 heavy (non-hydrogen) atoms. The molecule has 0 saturated carbocycles. The number of ether oxygens (including phenoxy) is 1. The minimum Gasteiger partial charge on any atom is -0.380 e. The number of nitrogens with one attached hydrogen (secondary N) is 1. The molecule has 0 aliphatic rings. The zero-order valence-electron chi connectivity index (χ0n) is 9.81. The first-order chi connectivity index (χ1) is 6.02. The first-order valence-electron chi connectivity index (χ1n) is 5.27. The molecule has 0 radical (unpaired) electrons. The maximum absolute atomic E-state index is 5.59. The van der Waals surface area contributed by atoms with E-state index in [0.717, 1.165) is 13.2 Å². The lowest BCUT2D eigenvalue weighted by molar-refractivity contribution is 0.0769. The molecule has 0 spiro atoms. The highest BCUT2D eigenvalue weighted by Crippen LogP contribution is 2.18. The molecular weight excluding hydrogens is 162 g/mol. The second-order valence-electron chi connectivity index (χ2n) is 4.64. The molecule has 0 rings (SSSR count). The van der Waals surface area contributed by atoms with Crippen LogP contribution in [0.15, 0.2) is 0 Å². The third-order valence-corrected chi connectivity index (χ3v) is 2.32. The third kappa shape index (κ3) is 6.05. The van der Waals surface area contributed by atoms with Crippen LogP contribution >= 0.6 is 0 Å². The zero-order chi connectivity index (χ0) is 10.3. The van der Waals surface area contributed by atoms with Crippen molar-refractivity contribution in [3.63, 3.8) is 0 Å². The van der Waals surface area contributed by atoms with Gasteiger partial charge in [-0.15, -0.1) is 0 Å². The fourth-order valence-corrected chi connectivity index (χ4v) is 1.21. The monoisotopic (exact) mass is 187 g/mol. The number of likely N-dealkylation sites (N-methyl/N-ethyl adjacent to an activating group) is 1. The maximum atomic E-state index is 5.59. The minimum atomic E-state index is 0.279. The van der Waals surface area contributed by atoms with Crippen LogP contribution in [0.1, 0.15) is 40.5 Å². The third-order valence-electron chi connectivity index (χ3n) is 2.32. The van der Waals surface area contributed by atoms with Crippen molar-refractivity contribution in [1.82, 2.24) is 5.32 Å². The average Bonchev–Trinajstić information content (AvgIpc) is 2.02. The predicted octanol–water partition coefficient (Wildman–Crippen LogP) is 2.44. The average molecular weight is 187 g/mol. The maximum Gasteiger partial charge on any atom is 0.0624 e. The topological polar surface area (TPSA) is 21.3 Å². The Kier molecular flexibility index (Phi) is 6.35. The molecule has 0 amide bonds. The lowest BCUT2D eigenvalue weighted by Crippen LogP contribution is -2.41. The van der Waals surface area contributed by atoms with E-state index in [1.54, 1.807) is 0 Å². The van der Waals surface area contributed by atoms with Gasteiger partial charge in [0, 0.05) is 12.6 Å². The quantitative estimate of drug-likeness (QED) is 0.645. The van der Waals surface area contributed by atoms with Crippen molar-refractivity contribution < 1.29 is 4.74 Å². The summed E-state index contributed by atoms with van der Waals surface area (Å²) in [5.74, 6) is 0. The van der Waals surface area contributed by atoms with E-state index in [1.807, 2.05) is 7.05 Å². The van der Waals surface area contributed by atoms with Crippen LogP contribution in [0.3, 0.4) is 0 Å². The van der Waals surface area contributed by atoms with Gasteiger partial charge in [-0.25, -0.2) is 0 Å². The molecule has 0 fully saturated rings. The van der Waals surface area contributed by atoms with Crippen LogP contribution in [0.4, 0.5) is 0 Å². The van der Waals surface area contributed by atoms with Gasteiger partial charge in [0.1, 0.15) is 0 Å². The van der Waals surface area contributed by atoms with Crippen molar-refractivity contribution in [3.8, 4) is 0 Å². The lowest BCUT2D eigenvalue weighted by Gasteiger charge is -2.30. The summed E-state index contributed by atoms with van der Waals surface area (Å²) < 4.78 is 5.59. The standard InChI is InChI=1S/C11H25NO/c1-6-7-8-13-9-10(12-5)11(2,3)4/h10,12H,6-9H2,1-5H3. The Morgan fingerprint density at radius 3 is 2.31 bits per heavy atom. The first-order valence-corrected chi connectivity index (χ1v) is 5.27. The van der Waals surface area contributed by atoms with E-state index in [0.29, 0.717) is 6.04 Å². The molecule has 1 N–H and O–H groups in total. The van der Waals surface area contributed by atoms with Crippen molar-refractivity contribution in [1.29, 1.82) is 0 Å². The van der Waals surface area contributed by atoms with Gasteiger partial charge in [0.2, 0.25) is 0 Å². The van der Waals surface area contributed by atoms with Crippen LogP contribution in [0.25, 0.3) is 0 Å². The molecule has 0 aromatic rings. The van der Waals surface area contributed by atoms with Gasteiger partial charge in [-0.05, 0) is 18.9 Å². The van der Waals surface area contributed by atoms with Crippen molar-refractivity contribution >= 4 is 0 Å². The summed E-state index contributed by atoms with van der Waals surface area (Å²) in [5.41, 5.74) is 0.279. The summed E-state index contributed by atoms with van der Waals surface area (Å²) in [6.45, 7) is 10.6. The highest BCUT2D eigenvalue weighted by atomic mass is 16.5. The van der Waals surface area contributed by atoms with E-state index < -0.39 is 0 Å². The van der Waals surface area contributed by atoms with Gasteiger partial charge in [-0.3, -0.25) is 0 Å². The molecule has 80 valence electrons. The van der Waals surface area contributed by atoms with Crippen molar-refractivity contribution in [2.24, 2.45) is 5.41 Å². The Hall–Kier alpha value is -0.0800. The molecule has 0 aromatic carbocycles. The second kappa shape index (κ2) is 6.39. The van der Waals surface area contributed by atoms with Gasteiger partial charge in [-0.1, -0.05) is 34.1 Å². The summed E-state index contributed by atoms with van der Waals surface area (Å²) >= 11 is 0. The molecule has 0 aliphatic heterocycles. The molecule has 0 aliphatic carbocycles. The van der Waals surface area contributed by atoms with E-state index in [9.17, 15) is 0 Å². The van der Waals surface area contributed by atoms with Crippen LogP contribution in [-0.2, 0) is 4.74 Å². The summed E-state index contributed by atoms with van der Waals surface area (Å²) in [7, 11) is 2.00. The second-order valence-corrected chi connectivity index (χ2v) is 4.64. The zero-order valence-corrected chi connectivity index (χ0v) is 9.81. The minimum absolute atomic E-state index is 0.279. The molecule has 1 unspecified atom stereocenters. The van der Waals surface area contributed by atoms with Crippen LogP contribution in [0.5, 0.6) is 0 Å². The molecule has 0 aromatic heterocycles. The first kappa shape index (κ1) is 12.9. The summed E-state index contributed by atoms with van der Waals surface area (Å²) in [6, 6.07) is 0.448. The number of hydrogen-bond donors (Lipinski definition) is 1. The van der Waals surface area contributed by atoms with E-state index >= 15 is 0 Å². The van der Waals surface area contributed by atoms with Gasteiger partial charge in [0.15, 0.2) is 0 Å². The largest absolute Gasteiger partial charge is 0.380 e. The molecular formula is C11H25NO. The Balaban J connectivity index is 3.61. The molecule has 2 nitrogen and oxygen atoms in total. The Morgan fingerprint density at radius 2 is 1.92 bits per heavy atom. The van der Waals surface area contributed by atoms with Crippen molar-refractivity contribution in [3.05, 3.63) is 0 Å².